The van der Waals surface area contributed by atoms with Gasteiger partial charge in [-0.25, -0.2) is 4.79 Å². The maximum absolute atomic E-state index is 11.0. The van der Waals surface area contributed by atoms with Gasteiger partial charge in [0.1, 0.15) is 0 Å². The zero-order valence-corrected chi connectivity index (χ0v) is 10.9. The van der Waals surface area contributed by atoms with Crippen LogP contribution in [0.5, 0.6) is 0 Å². The van der Waals surface area contributed by atoms with Crippen molar-refractivity contribution < 1.29 is 19.4 Å². The number of β-amino-alcohol motifs (C(OH)–C–C–N with tert-alkyl or cyclic N) is 1. The van der Waals surface area contributed by atoms with Gasteiger partial charge in [-0.1, -0.05) is 0 Å². The number of carboxylic acid groups (broad SMARTS) is 1. The predicted octanol–water partition coefficient (Wildman–Crippen LogP) is 0.478. The first kappa shape index (κ1) is 14.0. The summed E-state index contributed by atoms with van der Waals surface area (Å²) in [6.45, 7) is 5.20. The number of carbonyl (C=O) groups is 1. The molecule has 19 heavy (non-hydrogen) atoms. The Morgan fingerprint density at radius 3 is 2.74 bits per heavy atom. The van der Waals surface area contributed by atoms with Crippen LogP contribution in [0.15, 0.2) is 16.7 Å². The number of hydrogen-bond donors (Lipinski definition) is 2. The van der Waals surface area contributed by atoms with E-state index < -0.39 is 5.97 Å². The lowest BCUT2D eigenvalue weighted by Gasteiger charge is -2.20. The van der Waals surface area contributed by atoms with Gasteiger partial charge in [0, 0.05) is 31.7 Å². The molecule has 0 unspecified atom stereocenters. The van der Waals surface area contributed by atoms with Crippen molar-refractivity contribution in [1.82, 2.24) is 9.80 Å². The molecular weight excluding hydrogens is 248 g/mol. The average molecular weight is 268 g/mol. The predicted molar refractivity (Wildman–Crippen MR) is 69.1 cm³/mol. The third-order valence-electron chi connectivity index (χ3n) is 3.43. The number of carboxylic acids is 1. The molecule has 6 heteroatoms. The fourth-order valence-electron chi connectivity index (χ4n) is 2.44. The maximum Gasteiger partial charge on any atom is 0.372 e. The molecule has 0 amide bonds. The first-order valence-electron chi connectivity index (χ1n) is 6.56. The standard InChI is InChI=1S/C13H20N2O4/c16-8-7-14-3-1-4-15(6-5-14)10-11-2-9-19-12(11)13(17)18/h2,9,16H,1,3-8,10H2,(H,17,18). The zero-order valence-electron chi connectivity index (χ0n) is 10.9. The van der Waals surface area contributed by atoms with E-state index in [1.807, 2.05) is 0 Å². The van der Waals surface area contributed by atoms with Gasteiger partial charge in [-0.3, -0.25) is 9.80 Å². The topological polar surface area (TPSA) is 77.2 Å². The van der Waals surface area contributed by atoms with Crippen LogP contribution >= 0.6 is 0 Å². The molecule has 0 radical (unpaired) electrons. The molecule has 1 aliphatic rings. The molecule has 1 fully saturated rings. The fraction of sp³-hybridized carbons (Fsp3) is 0.615. The van der Waals surface area contributed by atoms with Crippen molar-refractivity contribution in [1.29, 1.82) is 0 Å². The van der Waals surface area contributed by atoms with Crippen molar-refractivity contribution in [3.8, 4) is 0 Å². The molecular formula is C13H20N2O4. The first-order valence-corrected chi connectivity index (χ1v) is 6.56. The van der Waals surface area contributed by atoms with E-state index in [0.717, 1.165) is 38.2 Å². The lowest BCUT2D eigenvalue weighted by molar-refractivity contribution is 0.0659. The number of hydrogen-bond acceptors (Lipinski definition) is 5. The van der Waals surface area contributed by atoms with E-state index in [-0.39, 0.29) is 12.4 Å². The Hall–Kier alpha value is -1.37. The Labute approximate surface area is 112 Å². The highest BCUT2D eigenvalue weighted by Crippen LogP contribution is 2.15. The van der Waals surface area contributed by atoms with Gasteiger partial charge in [0.25, 0.3) is 0 Å². The van der Waals surface area contributed by atoms with Crippen molar-refractivity contribution >= 4 is 5.97 Å². The molecule has 1 saturated heterocycles. The van der Waals surface area contributed by atoms with E-state index in [0.29, 0.717) is 13.1 Å². The lowest BCUT2D eigenvalue weighted by atomic mass is 10.2. The van der Waals surface area contributed by atoms with Crippen LogP contribution in [0.3, 0.4) is 0 Å². The van der Waals surface area contributed by atoms with E-state index in [2.05, 4.69) is 9.80 Å². The molecule has 2 rings (SSSR count). The minimum Gasteiger partial charge on any atom is -0.475 e. The van der Waals surface area contributed by atoms with Crippen LogP contribution in [0.2, 0.25) is 0 Å². The number of aliphatic hydroxyl groups is 1. The van der Waals surface area contributed by atoms with Crippen LogP contribution < -0.4 is 0 Å². The molecule has 106 valence electrons. The number of rotatable bonds is 5. The van der Waals surface area contributed by atoms with Crippen LogP contribution in [0.4, 0.5) is 0 Å². The summed E-state index contributed by atoms with van der Waals surface area (Å²) < 4.78 is 4.99. The maximum atomic E-state index is 11.0. The van der Waals surface area contributed by atoms with Gasteiger partial charge in [-0.15, -0.1) is 0 Å². The Balaban J connectivity index is 1.92. The highest BCUT2D eigenvalue weighted by molar-refractivity contribution is 5.86. The Morgan fingerprint density at radius 1 is 1.26 bits per heavy atom. The summed E-state index contributed by atoms with van der Waals surface area (Å²) >= 11 is 0. The molecule has 6 nitrogen and oxygen atoms in total. The molecule has 0 aliphatic carbocycles. The number of aliphatic hydroxyl groups excluding tert-OH is 1. The minimum atomic E-state index is -1.02. The van der Waals surface area contributed by atoms with Crippen LogP contribution in [0.25, 0.3) is 0 Å². The van der Waals surface area contributed by atoms with E-state index in [1.54, 1.807) is 6.07 Å². The molecule has 1 aromatic rings. The van der Waals surface area contributed by atoms with E-state index in [4.69, 9.17) is 14.6 Å². The molecule has 2 heterocycles. The van der Waals surface area contributed by atoms with E-state index in [9.17, 15) is 4.79 Å². The molecule has 0 saturated carbocycles. The van der Waals surface area contributed by atoms with Crippen LogP contribution in [-0.2, 0) is 6.54 Å². The summed E-state index contributed by atoms with van der Waals surface area (Å²) in [6, 6.07) is 1.72. The second-order valence-electron chi connectivity index (χ2n) is 4.78. The lowest BCUT2D eigenvalue weighted by Crippen LogP contribution is -2.32. The summed E-state index contributed by atoms with van der Waals surface area (Å²) in [4.78, 5) is 15.4. The Bertz CT molecular complexity index is 419. The van der Waals surface area contributed by atoms with Crippen LogP contribution in [-0.4, -0.2) is 65.3 Å². The summed E-state index contributed by atoms with van der Waals surface area (Å²) in [6.07, 6.45) is 2.45. The van der Waals surface area contributed by atoms with E-state index in [1.165, 1.54) is 6.26 Å². The minimum absolute atomic E-state index is 0.0384. The van der Waals surface area contributed by atoms with Crippen molar-refractivity contribution in [2.24, 2.45) is 0 Å². The quantitative estimate of drug-likeness (QED) is 0.808. The normalized spacial score (nSPS) is 18.4. The Morgan fingerprint density at radius 2 is 2.00 bits per heavy atom. The van der Waals surface area contributed by atoms with Crippen molar-refractivity contribution in [3.05, 3.63) is 23.7 Å². The molecule has 0 atom stereocenters. The number of furan rings is 1. The van der Waals surface area contributed by atoms with Gasteiger partial charge in [0.2, 0.25) is 5.76 Å². The molecule has 0 aromatic carbocycles. The van der Waals surface area contributed by atoms with E-state index >= 15 is 0 Å². The highest BCUT2D eigenvalue weighted by Gasteiger charge is 2.19. The van der Waals surface area contributed by atoms with Crippen molar-refractivity contribution in [2.75, 3.05) is 39.3 Å². The average Bonchev–Trinajstić information content (AvgIpc) is 2.72. The fourth-order valence-corrected chi connectivity index (χ4v) is 2.44. The monoisotopic (exact) mass is 268 g/mol. The second-order valence-corrected chi connectivity index (χ2v) is 4.78. The molecule has 1 aromatic heterocycles. The molecule has 2 N–H and O–H groups in total. The van der Waals surface area contributed by atoms with Gasteiger partial charge in [-0.05, 0) is 25.6 Å². The van der Waals surface area contributed by atoms with Gasteiger partial charge >= 0.3 is 5.97 Å². The summed E-state index contributed by atoms with van der Waals surface area (Å²) in [7, 11) is 0. The smallest absolute Gasteiger partial charge is 0.372 e. The largest absolute Gasteiger partial charge is 0.475 e. The van der Waals surface area contributed by atoms with Crippen molar-refractivity contribution in [3.63, 3.8) is 0 Å². The summed E-state index contributed by atoms with van der Waals surface area (Å²) in [5.41, 5.74) is 0.725. The highest BCUT2D eigenvalue weighted by atomic mass is 16.4. The molecule has 0 spiro atoms. The third kappa shape index (κ3) is 3.79. The van der Waals surface area contributed by atoms with Gasteiger partial charge in [0.15, 0.2) is 0 Å². The van der Waals surface area contributed by atoms with Gasteiger partial charge in [0.05, 0.1) is 12.9 Å². The van der Waals surface area contributed by atoms with Crippen LogP contribution in [0, 0.1) is 0 Å². The summed E-state index contributed by atoms with van der Waals surface area (Å²) in [5.74, 6) is -0.979. The summed E-state index contributed by atoms with van der Waals surface area (Å²) in [5, 5.41) is 18.0. The molecule has 0 bridgehead atoms. The Kier molecular flexibility index (Phi) is 4.95. The second kappa shape index (κ2) is 6.70. The zero-order chi connectivity index (χ0) is 13.7. The number of nitrogens with zero attached hydrogens (tertiary/aromatic N) is 2. The van der Waals surface area contributed by atoms with Crippen molar-refractivity contribution in [2.45, 2.75) is 13.0 Å². The molecule has 1 aliphatic heterocycles. The third-order valence-corrected chi connectivity index (χ3v) is 3.43. The first-order chi connectivity index (χ1) is 9.20. The van der Waals surface area contributed by atoms with Crippen LogP contribution in [0.1, 0.15) is 22.5 Å². The number of aromatic carboxylic acids is 1. The van der Waals surface area contributed by atoms with Gasteiger partial charge < -0.3 is 14.6 Å². The SMILES string of the molecule is O=C(O)c1occc1CN1CCCN(CCO)CC1. The van der Waals surface area contributed by atoms with Gasteiger partial charge in [-0.2, -0.15) is 0 Å².